The van der Waals surface area contributed by atoms with Crippen molar-refractivity contribution in [2.75, 3.05) is 20.3 Å². The Hall–Kier alpha value is -2.37. The van der Waals surface area contributed by atoms with Crippen molar-refractivity contribution in [2.24, 2.45) is 0 Å². The molecule has 1 heterocycles. The predicted octanol–water partition coefficient (Wildman–Crippen LogP) is 4.55. The SMILES string of the molecule is CCOc1ccccc1-c1cnc(CNCCc2ccccc2OC)s1. The van der Waals surface area contributed by atoms with E-state index in [9.17, 15) is 0 Å². The van der Waals surface area contributed by atoms with Gasteiger partial charge in [-0.1, -0.05) is 30.3 Å². The Morgan fingerprint density at radius 2 is 1.81 bits per heavy atom. The summed E-state index contributed by atoms with van der Waals surface area (Å²) < 4.78 is 11.1. The van der Waals surface area contributed by atoms with E-state index in [0.29, 0.717) is 6.61 Å². The first kappa shape index (κ1) is 18.4. The Morgan fingerprint density at radius 3 is 2.62 bits per heavy atom. The molecule has 0 aliphatic heterocycles. The third-order valence-electron chi connectivity index (χ3n) is 4.05. The molecule has 5 heteroatoms. The van der Waals surface area contributed by atoms with Crippen LogP contribution >= 0.6 is 11.3 Å². The van der Waals surface area contributed by atoms with Crippen LogP contribution in [0.1, 0.15) is 17.5 Å². The zero-order chi connectivity index (χ0) is 18.2. The van der Waals surface area contributed by atoms with E-state index >= 15 is 0 Å². The Kier molecular flexibility index (Phi) is 6.63. The van der Waals surface area contributed by atoms with Gasteiger partial charge in [0.2, 0.25) is 0 Å². The first-order valence-electron chi connectivity index (χ1n) is 8.81. The van der Waals surface area contributed by atoms with Gasteiger partial charge in [0.15, 0.2) is 0 Å². The number of methoxy groups -OCH3 is 1. The third-order valence-corrected chi connectivity index (χ3v) is 5.08. The second-order valence-corrected chi connectivity index (χ2v) is 6.90. The number of thiazole rings is 1. The molecule has 4 nitrogen and oxygen atoms in total. The first-order chi connectivity index (χ1) is 12.8. The highest BCUT2D eigenvalue weighted by Crippen LogP contribution is 2.33. The lowest BCUT2D eigenvalue weighted by molar-refractivity contribution is 0.341. The van der Waals surface area contributed by atoms with Crippen LogP contribution in [0.2, 0.25) is 0 Å². The highest BCUT2D eigenvalue weighted by Gasteiger charge is 2.09. The molecule has 0 unspecified atom stereocenters. The van der Waals surface area contributed by atoms with E-state index in [1.807, 2.05) is 49.5 Å². The number of benzene rings is 2. The molecule has 1 aromatic heterocycles. The maximum absolute atomic E-state index is 5.72. The molecular weight excluding hydrogens is 344 g/mol. The lowest BCUT2D eigenvalue weighted by Crippen LogP contribution is -2.16. The summed E-state index contributed by atoms with van der Waals surface area (Å²) in [5.74, 6) is 1.85. The van der Waals surface area contributed by atoms with Crippen molar-refractivity contribution in [3.63, 3.8) is 0 Å². The third kappa shape index (κ3) is 4.62. The molecule has 0 atom stereocenters. The number of hydrogen-bond donors (Lipinski definition) is 1. The average molecular weight is 369 g/mol. The zero-order valence-corrected chi connectivity index (χ0v) is 16.0. The monoisotopic (exact) mass is 368 g/mol. The van der Waals surface area contributed by atoms with Gasteiger partial charge >= 0.3 is 0 Å². The molecule has 0 spiro atoms. The minimum absolute atomic E-state index is 0.660. The maximum Gasteiger partial charge on any atom is 0.127 e. The van der Waals surface area contributed by atoms with E-state index in [-0.39, 0.29) is 0 Å². The zero-order valence-electron chi connectivity index (χ0n) is 15.2. The second-order valence-electron chi connectivity index (χ2n) is 5.79. The molecule has 0 aliphatic rings. The van der Waals surface area contributed by atoms with Crippen LogP contribution in [0.25, 0.3) is 10.4 Å². The lowest BCUT2D eigenvalue weighted by Gasteiger charge is -2.08. The summed E-state index contributed by atoms with van der Waals surface area (Å²) in [7, 11) is 1.71. The fourth-order valence-corrected chi connectivity index (χ4v) is 3.71. The number of ether oxygens (including phenoxy) is 2. The molecular formula is C21H24N2O2S. The highest BCUT2D eigenvalue weighted by atomic mass is 32.1. The van der Waals surface area contributed by atoms with Gasteiger partial charge in [-0.05, 0) is 43.7 Å². The molecule has 0 bridgehead atoms. The quantitative estimate of drug-likeness (QED) is 0.563. The summed E-state index contributed by atoms with van der Waals surface area (Å²) in [6.07, 6.45) is 2.86. The standard InChI is InChI=1S/C21H24N2O2S/c1-3-25-19-11-7-5-9-17(19)20-14-23-21(26-20)15-22-13-12-16-8-4-6-10-18(16)24-2/h4-11,14,22H,3,12-13,15H2,1-2H3. The summed E-state index contributed by atoms with van der Waals surface area (Å²) in [5, 5.41) is 4.54. The molecule has 136 valence electrons. The van der Waals surface area contributed by atoms with E-state index in [1.54, 1.807) is 18.4 Å². The number of hydrogen-bond acceptors (Lipinski definition) is 5. The summed E-state index contributed by atoms with van der Waals surface area (Å²) in [6, 6.07) is 16.2. The molecule has 0 aliphatic carbocycles. The van der Waals surface area contributed by atoms with Crippen LogP contribution in [0.4, 0.5) is 0 Å². The second kappa shape index (κ2) is 9.36. The van der Waals surface area contributed by atoms with E-state index in [1.165, 1.54) is 5.56 Å². The van der Waals surface area contributed by atoms with Gasteiger partial charge in [0, 0.05) is 18.3 Å². The topological polar surface area (TPSA) is 43.4 Å². The van der Waals surface area contributed by atoms with E-state index in [0.717, 1.165) is 46.5 Å². The van der Waals surface area contributed by atoms with Crippen LogP contribution in [0, 0.1) is 0 Å². The van der Waals surface area contributed by atoms with Gasteiger partial charge in [0.1, 0.15) is 16.5 Å². The van der Waals surface area contributed by atoms with Crippen molar-refractivity contribution in [1.29, 1.82) is 0 Å². The Labute approximate surface area is 158 Å². The smallest absolute Gasteiger partial charge is 0.127 e. The van der Waals surface area contributed by atoms with E-state index in [4.69, 9.17) is 9.47 Å². The Balaban J connectivity index is 1.56. The molecule has 26 heavy (non-hydrogen) atoms. The van der Waals surface area contributed by atoms with Crippen molar-refractivity contribution in [2.45, 2.75) is 19.9 Å². The minimum atomic E-state index is 0.660. The molecule has 3 aromatic rings. The van der Waals surface area contributed by atoms with Crippen LogP contribution in [0.5, 0.6) is 11.5 Å². The van der Waals surface area contributed by atoms with Crippen LogP contribution < -0.4 is 14.8 Å². The summed E-state index contributed by atoms with van der Waals surface area (Å²) >= 11 is 1.70. The van der Waals surface area contributed by atoms with Gasteiger partial charge < -0.3 is 14.8 Å². The van der Waals surface area contributed by atoms with Crippen molar-refractivity contribution >= 4 is 11.3 Å². The normalized spacial score (nSPS) is 10.7. The van der Waals surface area contributed by atoms with Crippen LogP contribution in [0.15, 0.2) is 54.7 Å². The summed E-state index contributed by atoms with van der Waals surface area (Å²) in [5.41, 5.74) is 2.32. The van der Waals surface area contributed by atoms with Crippen LogP contribution in [0.3, 0.4) is 0 Å². The van der Waals surface area contributed by atoms with Crippen molar-refractivity contribution in [1.82, 2.24) is 10.3 Å². The average Bonchev–Trinajstić information content (AvgIpc) is 3.15. The molecule has 1 N–H and O–H groups in total. The fourth-order valence-electron chi connectivity index (χ4n) is 2.80. The van der Waals surface area contributed by atoms with E-state index < -0.39 is 0 Å². The predicted molar refractivity (Wildman–Crippen MR) is 107 cm³/mol. The molecule has 0 saturated carbocycles. The number of nitrogens with one attached hydrogen (secondary N) is 1. The van der Waals surface area contributed by atoms with Gasteiger partial charge in [-0.15, -0.1) is 11.3 Å². The van der Waals surface area contributed by atoms with Gasteiger partial charge in [0.05, 0.1) is 18.6 Å². The molecule has 0 fully saturated rings. The maximum atomic E-state index is 5.72. The Morgan fingerprint density at radius 1 is 1.04 bits per heavy atom. The van der Waals surface area contributed by atoms with Crippen molar-refractivity contribution < 1.29 is 9.47 Å². The van der Waals surface area contributed by atoms with Gasteiger partial charge in [-0.3, -0.25) is 0 Å². The summed E-state index contributed by atoms with van der Waals surface area (Å²) in [4.78, 5) is 5.68. The number of nitrogens with zero attached hydrogens (tertiary/aromatic N) is 1. The molecule has 3 rings (SSSR count). The van der Waals surface area contributed by atoms with Gasteiger partial charge in [-0.25, -0.2) is 4.98 Å². The first-order valence-corrected chi connectivity index (χ1v) is 9.63. The van der Waals surface area contributed by atoms with Gasteiger partial charge in [-0.2, -0.15) is 0 Å². The molecule has 0 saturated heterocycles. The summed E-state index contributed by atoms with van der Waals surface area (Å²) in [6.45, 7) is 4.30. The lowest BCUT2D eigenvalue weighted by atomic mass is 10.1. The Bertz CT molecular complexity index is 832. The number of rotatable bonds is 9. The van der Waals surface area contributed by atoms with Crippen molar-refractivity contribution in [3.05, 3.63) is 65.3 Å². The number of para-hydroxylation sites is 2. The van der Waals surface area contributed by atoms with Crippen LogP contribution in [-0.4, -0.2) is 25.2 Å². The highest BCUT2D eigenvalue weighted by molar-refractivity contribution is 7.15. The van der Waals surface area contributed by atoms with Crippen LogP contribution in [-0.2, 0) is 13.0 Å². The minimum Gasteiger partial charge on any atom is -0.496 e. The fraction of sp³-hybridized carbons (Fsp3) is 0.286. The van der Waals surface area contributed by atoms with Gasteiger partial charge in [0.25, 0.3) is 0 Å². The van der Waals surface area contributed by atoms with Crippen molar-refractivity contribution in [3.8, 4) is 21.9 Å². The molecule has 0 amide bonds. The molecule has 0 radical (unpaired) electrons. The van der Waals surface area contributed by atoms with E-state index in [2.05, 4.69) is 22.4 Å². The largest absolute Gasteiger partial charge is 0.496 e. The molecule has 2 aromatic carbocycles. The number of aromatic nitrogens is 1.